The molecule has 7 heterocycles. The Labute approximate surface area is 359 Å². The minimum atomic E-state index is -0.896. The van der Waals surface area contributed by atoms with Gasteiger partial charge in [-0.05, 0) is 78.2 Å². The van der Waals surface area contributed by atoms with E-state index in [0.29, 0.717) is 59.3 Å². The van der Waals surface area contributed by atoms with Crippen molar-refractivity contribution in [2.24, 2.45) is 0 Å². The molecule has 0 saturated carbocycles. The molecule has 5 aromatic rings. The highest BCUT2D eigenvalue weighted by Gasteiger charge is 2.44. The molecule has 4 saturated heterocycles. The number of phenols is 1. The number of methoxy groups -OCH3 is 1. The highest BCUT2D eigenvalue weighted by molar-refractivity contribution is 9.10. The van der Waals surface area contributed by atoms with E-state index in [2.05, 4.69) is 60.5 Å². The van der Waals surface area contributed by atoms with E-state index in [-0.39, 0.29) is 57.0 Å². The minimum absolute atomic E-state index is 0.0892. The number of nitrogens with zero attached hydrogens (tertiary/aromatic N) is 7. The number of aromatic nitrogens is 4. The predicted octanol–water partition coefficient (Wildman–Crippen LogP) is 9.86. The highest BCUT2D eigenvalue weighted by atomic mass is 79.9. The van der Waals surface area contributed by atoms with Crippen LogP contribution in [-0.4, -0.2) is 98.3 Å². The molecule has 3 aromatic heterocycles. The second-order valence-electron chi connectivity index (χ2n) is 14.7. The lowest BCUT2D eigenvalue weighted by atomic mass is 9.96. The van der Waals surface area contributed by atoms with E-state index in [0.717, 1.165) is 19.0 Å². The van der Waals surface area contributed by atoms with Gasteiger partial charge in [0.2, 0.25) is 0 Å². The van der Waals surface area contributed by atoms with Gasteiger partial charge in [0.05, 0.1) is 30.1 Å². The molecule has 60 heavy (non-hydrogen) atoms. The standard InChI is InChI=1S/C32H22BrF3N6O3S.C7H12FN.C3H8.C2H6/c1-3-19-22(34)7-4-15-8-18(43)9-20(26(15)19)28-27(36)29-21(11-37-28)30(40-32(39-29)45-2)41-12-16-5-6-17(13-41)42(16)31(44)23(35)10-25-38-24(33)14-46-25;8-6-4-7-2-1-3-9(7)5-6;1-3-2;1-2/h1,4,7-11,14,16-17,43H,5-6,12-13H2,2H3;6-7H,1-5H2;3H2,1-2H3;1-2H3/b23-10-;;;. The average molecular weight is 911 g/mol. The number of thiazole rings is 1. The van der Waals surface area contributed by atoms with Gasteiger partial charge in [0.15, 0.2) is 11.6 Å². The minimum Gasteiger partial charge on any atom is -0.508 e. The van der Waals surface area contributed by atoms with Crippen molar-refractivity contribution in [2.75, 3.05) is 38.2 Å². The monoisotopic (exact) mass is 909 g/mol. The number of halogens is 5. The first-order valence-electron chi connectivity index (χ1n) is 20.2. The van der Waals surface area contributed by atoms with Crippen LogP contribution >= 0.6 is 27.3 Å². The maximum Gasteiger partial charge on any atom is 0.318 e. The first kappa shape index (κ1) is 44.7. The molecule has 4 aliphatic heterocycles. The number of carbonyl (C=O) groups is 1. The third kappa shape index (κ3) is 9.23. The van der Waals surface area contributed by atoms with Crippen molar-refractivity contribution in [1.29, 1.82) is 0 Å². The average Bonchev–Trinajstić information content (AvgIpc) is 4.01. The van der Waals surface area contributed by atoms with Crippen molar-refractivity contribution in [3.63, 3.8) is 0 Å². The lowest BCUT2D eigenvalue weighted by molar-refractivity contribution is -0.131. The Hall–Kier alpha value is -4.85. The number of hydrogen-bond acceptors (Lipinski definition) is 10. The number of piperazine rings is 1. The first-order valence-corrected chi connectivity index (χ1v) is 21.9. The van der Waals surface area contributed by atoms with Gasteiger partial charge in [-0.2, -0.15) is 9.97 Å². The zero-order chi connectivity index (χ0) is 43.2. The molecule has 9 rings (SSSR count). The van der Waals surface area contributed by atoms with Gasteiger partial charge in [0.1, 0.15) is 44.4 Å². The molecule has 318 valence electrons. The Balaban J connectivity index is 0.000000368. The van der Waals surface area contributed by atoms with Crippen LogP contribution < -0.4 is 9.64 Å². The van der Waals surface area contributed by atoms with Crippen LogP contribution in [0.1, 0.15) is 76.8 Å². The molecular formula is C44H48BrF4N7O3S. The fraction of sp³-hybridized carbons (Fsp3) is 0.432. The largest absolute Gasteiger partial charge is 0.508 e. The number of anilines is 1. The van der Waals surface area contributed by atoms with Crippen LogP contribution in [0, 0.1) is 24.0 Å². The van der Waals surface area contributed by atoms with E-state index in [1.165, 1.54) is 68.2 Å². The van der Waals surface area contributed by atoms with Crippen LogP contribution in [0.2, 0.25) is 0 Å². The van der Waals surface area contributed by atoms with E-state index in [1.54, 1.807) is 10.3 Å². The Morgan fingerprint density at radius 1 is 1.08 bits per heavy atom. The van der Waals surface area contributed by atoms with Crippen molar-refractivity contribution in [3.05, 3.63) is 68.5 Å². The third-order valence-corrected chi connectivity index (χ3v) is 12.2. The van der Waals surface area contributed by atoms with Crippen molar-refractivity contribution in [2.45, 2.75) is 90.5 Å². The number of phenolic OH excluding ortho intramolecular Hbond substituents is 1. The molecular weight excluding hydrogens is 862 g/mol. The molecule has 16 heteroatoms. The van der Waals surface area contributed by atoms with Gasteiger partial charge < -0.3 is 19.6 Å². The maximum atomic E-state index is 16.5. The molecule has 4 fully saturated rings. The van der Waals surface area contributed by atoms with Gasteiger partial charge in [0, 0.05) is 54.3 Å². The number of amides is 1. The van der Waals surface area contributed by atoms with Gasteiger partial charge in [-0.15, -0.1) is 17.8 Å². The zero-order valence-electron chi connectivity index (χ0n) is 34.2. The summed E-state index contributed by atoms with van der Waals surface area (Å²) in [5.74, 6) is -0.654. The van der Waals surface area contributed by atoms with Crippen LogP contribution in [0.3, 0.4) is 0 Å². The molecule has 10 nitrogen and oxygen atoms in total. The summed E-state index contributed by atoms with van der Waals surface area (Å²) in [6, 6.07) is 5.16. The Bertz CT molecular complexity index is 2400. The maximum absolute atomic E-state index is 16.5. The second-order valence-corrected chi connectivity index (χ2v) is 16.4. The molecule has 4 unspecified atom stereocenters. The summed E-state index contributed by atoms with van der Waals surface area (Å²) in [6.07, 6.45) is 13.5. The van der Waals surface area contributed by atoms with E-state index in [1.807, 2.05) is 18.7 Å². The smallest absolute Gasteiger partial charge is 0.318 e. The van der Waals surface area contributed by atoms with Gasteiger partial charge in [-0.1, -0.05) is 46.1 Å². The van der Waals surface area contributed by atoms with Gasteiger partial charge in [0.25, 0.3) is 5.91 Å². The summed E-state index contributed by atoms with van der Waals surface area (Å²) in [6.45, 7) is 10.7. The molecule has 2 aromatic carbocycles. The Kier molecular flexibility index (Phi) is 14.7. The molecule has 0 spiro atoms. The van der Waals surface area contributed by atoms with Gasteiger partial charge in [-0.25, -0.2) is 22.5 Å². The summed E-state index contributed by atoms with van der Waals surface area (Å²) >= 11 is 4.44. The summed E-state index contributed by atoms with van der Waals surface area (Å²) in [7, 11) is 1.35. The molecule has 1 amide bonds. The summed E-state index contributed by atoms with van der Waals surface area (Å²) in [5, 5.41) is 13.4. The molecule has 4 atom stereocenters. The summed E-state index contributed by atoms with van der Waals surface area (Å²) < 4.78 is 64.7. The van der Waals surface area contributed by atoms with Crippen molar-refractivity contribution in [3.8, 4) is 35.4 Å². The number of ether oxygens (including phenoxy) is 1. The first-order chi connectivity index (χ1) is 28.9. The number of alkyl halides is 1. The number of pyridine rings is 1. The Morgan fingerprint density at radius 2 is 1.80 bits per heavy atom. The number of carbonyl (C=O) groups excluding carboxylic acids is 1. The van der Waals surface area contributed by atoms with Crippen LogP contribution in [0.4, 0.5) is 23.4 Å². The fourth-order valence-electron chi connectivity index (χ4n) is 8.36. The summed E-state index contributed by atoms with van der Waals surface area (Å²) in [5.41, 5.74) is -0.321. The van der Waals surface area contributed by atoms with Crippen molar-refractivity contribution >= 4 is 66.7 Å². The number of hydrogen-bond donors (Lipinski definition) is 1. The van der Waals surface area contributed by atoms with Crippen LogP contribution in [-0.2, 0) is 4.79 Å². The molecule has 4 aliphatic rings. The van der Waals surface area contributed by atoms with Crippen molar-refractivity contribution < 1.29 is 32.2 Å². The Morgan fingerprint density at radius 3 is 2.43 bits per heavy atom. The van der Waals surface area contributed by atoms with Crippen LogP contribution in [0.25, 0.3) is 39.0 Å². The topological polar surface area (TPSA) is 108 Å². The quantitative estimate of drug-likeness (QED) is 0.105. The molecule has 2 bridgehead atoms. The molecule has 0 radical (unpaired) electrons. The normalized spacial score (nSPS) is 20.7. The number of terminal acetylenes is 1. The predicted molar refractivity (Wildman–Crippen MR) is 233 cm³/mol. The number of aromatic hydroxyl groups is 1. The number of benzene rings is 2. The van der Waals surface area contributed by atoms with E-state index in [4.69, 9.17) is 11.2 Å². The summed E-state index contributed by atoms with van der Waals surface area (Å²) in [4.78, 5) is 36.3. The van der Waals surface area contributed by atoms with Gasteiger partial charge in [-0.3, -0.25) is 14.7 Å². The SMILES string of the molecule is C#Cc1c(F)ccc2cc(O)cc(-c3ncc4c(N5CC6CCC(C5)N6C(=O)/C(F)=C/c5nc(Br)cs5)nc(OC)nc4c3F)c12.CC.CCC.FC1CC2CCCN2C1. The number of rotatable bonds is 5. The lowest BCUT2D eigenvalue weighted by Gasteiger charge is -2.41. The zero-order valence-corrected chi connectivity index (χ0v) is 36.6. The second kappa shape index (κ2) is 19.7. The van der Waals surface area contributed by atoms with E-state index in [9.17, 15) is 18.7 Å². The lowest BCUT2D eigenvalue weighted by Crippen LogP contribution is -2.56. The highest BCUT2D eigenvalue weighted by Crippen LogP contribution is 2.40. The fourth-order valence-corrected chi connectivity index (χ4v) is 9.54. The van der Waals surface area contributed by atoms with E-state index >= 15 is 8.78 Å². The van der Waals surface area contributed by atoms with E-state index < -0.39 is 29.5 Å². The van der Waals surface area contributed by atoms with Gasteiger partial charge >= 0.3 is 6.01 Å². The van der Waals surface area contributed by atoms with Crippen molar-refractivity contribution in [1.82, 2.24) is 29.7 Å². The molecule has 0 aliphatic carbocycles. The third-order valence-electron chi connectivity index (χ3n) is 10.7. The molecule has 1 N–H and O–H groups in total. The van der Waals surface area contributed by atoms with Crippen LogP contribution in [0.15, 0.2) is 46.3 Å². The number of fused-ring (bicyclic) bond motifs is 5. The van der Waals surface area contributed by atoms with Crippen LogP contribution in [0.5, 0.6) is 11.8 Å².